The van der Waals surface area contributed by atoms with Gasteiger partial charge in [0, 0.05) is 16.2 Å². The lowest BCUT2D eigenvalue weighted by Crippen LogP contribution is -2.15. The third kappa shape index (κ3) is 2.41. The van der Waals surface area contributed by atoms with Gasteiger partial charge in [-0.2, -0.15) is 0 Å². The van der Waals surface area contributed by atoms with Crippen molar-refractivity contribution in [1.82, 2.24) is 9.55 Å². The van der Waals surface area contributed by atoms with E-state index in [9.17, 15) is 0 Å². The fourth-order valence-electron chi connectivity index (χ4n) is 6.37. The van der Waals surface area contributed by atoms with Gasteiger partial charge in [-0.1, -0.05) is 74.5 Å². The Hall–Kier alpha value is -3.95. The van der Waals surface area contributed by atoms with Crippen LogP contribution in [-0.4, -0.2) is 9.55 Å². The fourth-order valence-corrected chi connectivity index (χ4v) is 7.16. The molecular formula is C32H22N2S. The first kappa shape index (κ1) is 19.4. The number of thiazole rings is 1. The summed E-state index contributed by atoms with van der Waals surface area (Å²) in [4.78, 5) is 4.59. The minimum absolute atomic E-state index is 0.0688. The Balaban J connectivity index is 1.54. The summed E-state index contributed by atoms with van der Waals surface area (Å²) in [7, 11) is 0. The summed E-state index contributed by atoms with van der Waals surface area (Å²) in [5.74, 6) is 0. The predicted octanol–water partition coefficient (Wildman–Crippen LogP) is 8.85. The van der Waals surface area contributed by atoms with Gasteiger partial charge < -0.3 is 4.57 Å². The van der Waals surface area contributed by atoms with Crippen molar-refractivity contribution in [2.75, 3.05) is 0 Å². The molecule has 0 radical (unpaired) electrons. The molecule has 0 saturated heterocycles. The van der Waals surface area contributed by atoms with Crippen LogP contribution in [0.2, 0.25) is 0 Å². The molecule has 2 nitrogen and oxygen atoms in total. The van der Waals surface area contributed by atoms with E-state index in [0.717, 1.165) is 5.52 Å². The molecule has 35 heavy (non-hydrogen) atoms. The zero-order valence-electron chi connectivity index (χ0n) is 19.5. The van der Waals surface area contributed by atoms with Gasteiger partial charge in [0.1, 0.15) is 0 Å². The molecule has 0 fully saturated rings. The molecule has 1 aliphatic rings. The Kier molecular flexibility index (Phi) is 3.64. The molecule has 1 aliphatic carbocycles. The van der Waals surface area contributed by atoms with Crippen LogP contribution in [0.5, 0.6) is 0 Å². The summed E-state index contributed by atoms with van der Waals surface area (Å²) in [6.45, 7) is 4.76. The normalized spacial score (nSPS) is 14.2. The van der Waals surface area contributed by atoms with Crippen LogP contribution in [-0.2, 0) is 5.41 Å². The summed E-state index contributed by atoms with van der Waals surface area (Å²) in [5.41, 5.74) is 12.2. The molecule has 166 valence electrons. The van der Waals surface area contributed by atoms with Crippen LogP contribution in [0.4, 0.5) is 0 Å². The van der Waals surface area contributed by atoms with E-state index in [2.05, 4.69) is 114 Å². The highest BCUT2D eigenvalue weighted by atomic mass is 32.1. The fraction of sp³-hybridized carbons (Fsp3) is 0.0938. The SMILES string of the molecule is CC1(C)c2cc3c4ccccc4n(-c4cccc5ncsc45)c3cc2-c2ccc3ccccc3c21. The van der Waals surface area contributed by atoms with Crippen molar-refractivity contribution in [2.45, 2.75) is 19.3 Å². The van der Waals surface area contributed by atoms with E-state index >= 15 is 0 Å². The van der Waals surface area contributed by atoms with E-state index in [1.807, 2.05) is 5.51 Å². The van der Waals surface area contributed by atoms with Gasteiger partial charge in [-0.15, -0.1) is 11.3 Å². The second kappa shape index (κ2) is 6.59. The van der Waals surface area contributed by atoms with Gasteiger partial charge in [-0.3, -0.25) is 0 Å². The third-order valence-electron chi connectivity index (χ3n) is 7.91. The van der Waals surface area contributed by atoms with Crippen molar-refractivity contribution in [3.63, 3.8) is 0 Å². The Morgan fingerprint density at radius 2 is 1.54 bits per heavy atom. The summed E-state index contributed by atoms with van der Waals surface area (Å²) < 4.78 is 3.67. The monoisotopic (exact) mass is 466 g/mol. The number of rotatable bonds is 1. The number of nitrogens with zero attached hydrogens (tertiary/aromatic N) is 2. The average molecular weight is 467 g/mol. The Labute approximate surface area is 207 Å². The molecule has 0 spiro atoms. The van der Waals surface area contributed by atoms with Crippen LogP contribution >= 0.6 is 11.3 Å². The van der Waals surface area contributed by atoms with E-state index in [0.29, 0.717) is 0 Å². The molecule has 2 heterocycles. The summed E-state index contributed by atoms with van der Waals surface area (Å²) in [5, 5.41) is 5.27. The maximum absolute atomic E-state index is 4.59. The Morgan fingerprint density at radius 3 is 2.46 bits per heavy atom. The lowest BCUT2D eigenvalue weighted by molar-refractivity contribution is 0.667. The maximum atomic E-state index is 4.59. The zero-order valence-corrected chi connectivity index (χ0v) is 20.4. The van der Waals surface area contributed by atoms with Crippen molar-refractivity contribution in [1.29, 1.82) is 0 Å². The van der Waals surface area contributed by atoms with Gasteiger partial charge in [-0.05, 0) is 63.4 Å². The number of hydrogen-bond donors (Lipinski definition) is 0. The van der Waals surface area contributed by atoms with Crippen molar-refractivity contribution >= 4 is 54.1 Å². The third-order valence-corrected chi connectivity index (χ3v) is 8.77. The molecule has 0 saturated carbocycles. The largest absolute Gasteiger partial charge is 0.308 e. The first-order valence-electron chi connectivity index (χ1n) is 12.1. The molecule has 0 atom stereocenters. The first-order chi connectivity index (χ1) is 17.1. The number of fused-ring (bicyclic) bond motifs is 9. The van der Waals surface area contributed by atoms with Crippen molar-refractivity contribution in [3.8, 4) is 16.8 Å². The number of hydrogen-bond acceptors (Lipinski definition) is 2. The second-order valence-corrected chi connectivity index (χ2v) is 10.9. The minimum atomic E-state index is -0.0688. The van der Waals surface area contributed by atoms with Crippen LogP contribution in [0, 0.1) is 0 Å². The van der Waals surface area contributed by atoms with Gasteiger partial charge in [-0.25, -0.2) is 4.98 Å². The van der Waals surface area contributed by atoms with E-state index < -0.39 is 0 Å². The highest BCUT2D eigenvalue weighted by Crippen LogP contribution is 2.53. The van der Waals surface area contributed by atoms with Gasteiger partial charge in [0.2, 0.25) is 0 Å². The molecule has 2 aromatic heterocycles. The lowest BCUT2D eigenvalue weighted by Gasteiger charge is -2.23. The van der Waals surface area contributed by atoms with Crippen LogP contribution in [0.15, 0.2) is 96.5 Å². The van der Waals surface area contributed by atoms with Crippen molar-refractivity contribution < 1.29 is 0 Å². The smallest absolute Gasteiger partial charge is 0.0833 e. The van der Waals surface area contributed by atoms with Crippen molar-refractivity contribution in [2.24, 2.45) is 0 Å². The summed E-state index contributed by atoms with van der Waals surface area (Å²) >= 11 is 1.71. The first-order valence-corrected chi connectivity index (χ1v) is 12.9. The minimum Gasteiger partial charge on any atom is -0.308 e. The summed E-state index contributed by atoms with van der Waals surface area (Å²) in [6, 6.07) is 33.6. The van der Waals surface area contributed by atoms with Crippen LogP contribution in [0.25, 0.3) is 59.6 Å². The standard InChI is InChI=1S/C32H22N2S/c1-32(2)25-16-24-21-10-5-6-12-27(21)34(28-13-7-11-26-31(28)35-18-33-26)29(24)17-23(25)22-15-14-19-8-3-4-9-20(19)30(22)32/h3-18H,1-2H3. The molecule has 0 bridgehead atoms. The Morgan fingerprint density at radius 1 is 0.714 bits per heavy atom. The topological polar surface area (TPSA) is 17.8 Å². The highest BCUT2D eigenvalue weighted by molar-refractivity contribution is 7.17. The molecule has 0 N–H and O–H groups in total. The molecular weight excluding hydrogens is 444 g/mol. The number of aromatic nitrogens is 2. The van der Waals surface area contributed by atoms with E-state index in [1.165, 1.54) is 65.2 Å². The van der Waals surface area contributed by atoms with Gasteiger partial charge >= 0.3 is 0 Å². The summed E-state index contributed by atoms with van der Waals surface area (Å²) in [6.07, 6.45) is 0. The van der Waals surface area contributed by atoms with E-state index in [-0.39, 0.29) is 5.41 Å². The molecule has 5 aromatic carbocycles. The molecule has 8 rings (SSSR count). The molecule has 7 aromatic rings. The maximum Gasteiger partial charge on any atom is 0.0833 e. The number of benzene rings is 5. The molecule has 3 heteroatoms. The average Bonchev–Trinajstić information content (AvgIpc) is 3.55. The van der Waals surface area contributed by atoms with Crippen molar-refractivity contribution in [3.05, 3.63) is 108 Å². The van der Waals surface area contributed by atoms with E-state index in [1.54, 1.807) is 11.3 Å². The zero-order chi connectivity index (χ0) is 23.3. The van der Waals surface area contributed by atoms with Gasteiger partial charge in [0.25, 0.3) is 0 Å². The Bertz CT molecular complexity index is 1990. The van der Waals surface area contributed by atoms with Gasteiger partial charge in [0.15, 0.2) is 0 Å². The van der Waals surface area contributed by atoms with E-state index in [4.69, 9.17) is 0 Å². The molecule has 0 amide bonds. The quantitative estimate of drug-likeness (QED) is 0.236. The number of para-hydroxylation sites is 1. The second-order valence-electron chi connectivity index (χ2n) is 10.1. The predicted molar refractivity (Wildman–Crippen MR) is 149 cm³/mol. The molecule has 0 aliphatic heterocycles. The lowest BCUT2D eigenvalue weighted by atomic mass is 9.80. The van der Waals surface area contributed by atoms with Gasteiger partial charge in [0.05, 0.1) is 32.4 Å². The highest BCUT2D eigenvalue weighted by Gasteiger charge is 2.37. The van der Waals surface area contributed by atoms with Crippen LogP contribution in [0.1, 0.15) is 25.0 Å². The van der Waals surface area contributed by atoms with Crippen LogP contribution in [0.3, 0.4) is 0 Å². The van der Waals surface area contributed by atoms with Crippen LogP contribution < -0.4 is 0 Å². The molecule has 0 unspecified atom stereocenters.